The summed E-state index contributed by atoms with van der Waals surface area (Å²) in [6.45, 7) is 7.13. The maximum atomic E-state index is 11.8. The number of ether oxygens (including phenoxy) is 2. The van der Waals surface area contributed by atoms with Crippen molar-refractivity contribution in [2.45, 2.75) is 26.7 Å². The van der Waals surface area contributed by atoms with E-state index in [4.69, 9.17) is 9.47 Å². The first-order valence-corrected chi connectivity index (χ1v) is 5.65. The highest BCUT2D eigenvalue weighted by atomic mass is 16.6. The topological polar surface area (TPSA) is 47.6 Å². The van der Waals surface area contributed by atoms with E-state index in [1.54, 1.807) is 0 Å². The fourth-order valence-corrected chi connectivity index (χ4v) is 1.74. The van der Waals surface area contributed by atoms with Gasteiger partial charge in [0.1, 0.15) is 6.61 Å². The summed E-state index contributed by atoms with van der Waals surface area (Å²) in [6.07, 6.45) is 1.95. The van der Waals surface area contributed by atoms with Crippen molar-refractivity contribution in [1.29, 1.82) is 0 Å². The van der Waals surface area contributed by atoms with E-state index in [0.717, 1.165) is 25.9 Å². The zero-order chi connectivity index (χ0) is 11.1. The first kappa shape index (κ1) is 12.5. The number of esters is 1. The van der Waals surface area contributed by atoms with E-state index in [-0.39, 0.29) is 11.4 Å². The van der Waals surface area contributed by atoms with Gasteiger partial charge in [-0.15, -0.1) is 0 Å². The lowest BCUT2D eigenvalue weighted by Crippen LogP contribution is -2.44. The largest absolute Gasteiger partial charge is 0.463 e. The third-order valence-electron chi connectivity index (χ3n) is 2.76. The normalized spacial score (nSPS) is 26.3. The molecule has 4 heteroatoms. The lowest BCUT2D eigenvalue weighted by molar-refractivity contribution is -0.157. The van der Waals surface area contributed by atoms with Crippen LogP contribution in [0.2, 0.25) is 0 Å². The molecule has 1 fully saturated rings. The smallest absolute Gasteiger partial charge is 0.313 e. The molecule has 0 radical (unpaired) electrons. The van der Waals surface area contributed by atoms with Crippen LogP contribution in [0.3, 0.4) is 0 Å². The number of carbonyl (C=O) groups excluding carboxylic acids is 1. The number of rotatable bonds is 5. The predicted molar refractivity (Wildman–Crippen MR) is 57.7 cm³/mol. The third kappa shape index (κ3) is 3.80. The Labute approximate surface area is 91.3 Å². The van der Waals surface area contributed by atoms with Gasteiger partial charge in [0.05, 0.1) is 12.0 Å². The predicted octanol–water partition coefficient (Wildman–Crippen LogP) is 0.956. The molecule has 1 heterocycles. The van der Waals surface area contributed by atoms with Crippen LogP contribution in [0.15, 0.2) is 0 Å². The molecule has 1 unspecified atom stereocenters. The molecule has 0 bridgehead atoms. The zero-order valence-corrected chi connectivity index (χ0v) is 9.67. The molecular formula is C11H21NO3. The lowest BCUT2D eigenvalue weighted by Gasteiger charge is -2.31. The maximum Gasteiger partial charge on any atom is 0.313 e. The van der Waals surface area contributed by atoms with Crippen LogP contribution in [0.4, 0.5) is 0 Å². The van der Waals surface area contributed by atoms with Gasteiger partial charge in [-0.05, 0) is 33.2 Å². The number of hydrogen-bond acceptors (Lipinski definition) is 4. The van der Waals surface area contributed by atoms with Crippen molar-refractivity contribution in [1.82, 2.24) is 5.32 Å². The number of carbonyl (C=O) groups is 1. The van der Waals surface area contributed by atoms with Gasteiger partial charge in [0.2, 0.25) is 0 Å². The quantitative estimate of drug-likeness (QED) is 0.548. The van der Waals surface area contributed by atoms with E-state index in [1.807, 2.05) is 13.8 Å². The van der Waals surface area contributed by atoms with Crippen LogP contribution in [-0.2, 0) is 14.3 Å². The van der Waals surface area contributed by atoms with Crippen LogP contribution < -0.4 is 5.32 Å². The summed E-state index contributed by atoms with van der Waals surface area (Å²) in [7, 11) is 0. The molecule has 4 nitrogen and oxygen atoms in total. The van der Waals surface area contributed by atoms with Gasteiger partial charge in [0, 0.05) is 13.2 Å². The van der Waals surface area contributed by atoms with Crippen LogP contribution >= 0.6 is 0 Å². The molecule has 1 saturated heterocycles. The standard InChI is InChI=1S/C11H21NO3/c1-3-14-7-8-15-10(13)11(2)5-4-6-12-9-11/h12H,3-9H2,1-2H3. The summed E-state index contributed by atoms with van der Waals surface area (Å²) in [5.41, 5.74) is -0.343. The lowest BCUT2D eigenvalue weighted by atomic mass is 9.83. The number of nitrogens with one attached hydrogen (secondary N) is 1. The Kier molecular flexibility index (Phi) is 5.05. The summed E-state index contributed by atoms with van der Waals surface area (Å²) in [6, 6.07) is 0. The molecule has 0 aromatic heterocycles. The fourth-order valence-electron chi connectivity index (χ4n) is 1.74. The fraction of sp³-hybridized carbons (Fsp3) is 0.909. The summed E-state index contributed by atoms with van der Waals surface area (Å²) in [5, 5.41) is 3.23. The van der Waals surface area contributed by atoms with Crippen LogP contribution in [0.25, 0.3) is 0 Å². The van der Waals surface area contributed by atoms with Crippen LogP contribution in [-0.4, -0.2) is 38.9 Å². The molecule has 1 aliphatic rings. The molecule has 15 heavy (non-hydrogen) atoms. The van der Waals surface area contributed by atoms with Crippen molar-refractivity contribution < 1.29 is 14.3 Å². The van der Waals surface area contributed by atoms with E-state index < -0.39 is 0 Å². The molecule has 1 rings (SSSR count). The van der Waals surface area contributed by atoms with Gasteiger partial charge in [0.15, 0.2) is 0 Å². The van der Waals surface area contributed by atoms with E-state index in [9.17, 15) is 4.79 Å². The molecular weight excluding hydrogens is 194 g/mol. The Bertz CT molecular complexity index is 200. The SMILES string of the molecule is CCOCCOC(=O)C1(C)CCCNC1. The summed E-state index contributed by atoms with van der Waals surface area (Å²) in [5.74, 6) is -0.102. The number of hydrogen-bond donors (Lipinski definition) is 1. The Balaban J connectivity index is 2.25. The van der Waals surface area contributed by atoms with Crippen molar-refractivity contribution in [3.63, 3.8) is 0 Å². The minimum atomic E-state index is -0.343. The van der Waals surface area contributed by atoms with Crippen molar-refractivity contribution in [3.8, 4) is 0 Å². The highest BCUT2D eigenvalue weighted by Crippen LogP contribution is 2.26. The minimum absolute atomic E-state index is 0.102. The first-order valence-electron chi connectivity index (χ1n) is 5.65. The highest BCUT2D eigenvalue weighted by molar-refractivity contribution is 5.76. The van der Waals surface area contributed by atoms with E-state index >= 15 is 0 Å². The molecule has 0 spiro atoms. The average Bonchev–Trinajstić information content (AvgIpc) is 2.25. The third-order valence-corrected chi connectivity index (χ3v) is 2.76. The second-order valence-corrected chi connectivity index (χ2v) is 4.17. The second kappa shape index (κ2) is 6.08. The second-order valence-electron chi connectivity index (χ2n) is 4.17. The summed E-state index contributed by atoms with van der Waals surface area (Å²) < 4.78 is 10.3. The minimum Gasteiger partial charge on any atom is -0.463 e. The van der Waals surface area contributed by atoms with E-state index in [0.29, 0.717) is 19.8 Å². The molecule has 1 N–H and O–H groups in total. The van der Waals surface area contributed by atoms with Gasteiger partial charge in [-0.1, -0.05) is 0 Å². The Morgan fingerprint density at radius 3 is 2.87 bits per heavy atom. The molecule has 0 amide bonds. The van der Waals surface area contributed by atoms with Crippen molar-refractivity contribution in [2.24, 2.45) is 5.41 Å². The van der Waals surface area contributed by atoms with Crippen molar-refractivity contribution in [3.05, 3.63) is 0 Å². The van der Waals surface area contributed by atoms with Crippen LogP contribution in [0.5, 0.6) is 0 Å². The Hall–Kier alpha value is -0.610. The monoisotopic (exact) mass is 215 g/mol. The molecule has 0 aromatic rings. The summed E-state index contributed by atoms with van der Waals surface area (Å²) in [4.78, 5) is 11.8. The van der Waals surface area contributed by atoms with Gasteiger partial charge in [-0.25, -0.2) is 0 Å². The van der Waals surface area contributed by atoms with Crippen LogP contribution in [0, 0.1) is 5.41 Å². The van der Waals surface area contributed by atoms with E-state index in [2.05, 4.69) is 5.32 Å². The molecule has 0 aromatic carbocycles. The molecule has 1 aliphatic heterocycles. The number of piperidine rings is 1. The van der Waals surface area contributed by atoms with Gasteiger partial charge in [-0.3, -0.25) is 4.79 Å². The Morgan fingerprint density at radius 2 is 2.27 bits per heavy atom. The van der Waals surface area contributed by atoms with Gasteiger partial charge >= 0.3 is 5.97 Å². The van der Waals surface area contributed by atoms with Crippen LogP contribution in [0.1, 0.15) is 26.7 Å². The first-order chi connectivity index (χ1) is 7.19. The average molecular weight is 215 g/mol. The van der Waals surface area contributed by atoms with Crippen molar-refractivity contribution >= 4 is 5.97 Å². The zero-order valence-electron chi connectivity index (χ0n) is 9.67. The molecule has 88 valence electrons. The molecule has 1 atom stereocenters. The summed E-state index contributed by atoms with van der Waals surface area (Å²) >= 11 is 0. The Morgan fingerprint density at radius 1 is 1.47 bits per heavy atom. The van der Waals surface area contributed by atoms with Crippen molar-refractivity contribution in [2.75, 3.05) is 32.9 Å². The highest BCUT2D eigenvalue weighted by Gasteiger charge is 2.35. The van der Waals surface area contributed by atoms with E-state index in [1.165, 1.54) is 0 Å². The van der Waals surface area contributed by atoms with Gasteiger partial charge < -0.3 is 14.8 Å². The molecule has 0 saturated carbocycles. The maximum absolute atomic E-state index is 11.8. The van der Waals surface area contributed by atoms with Gasteiger partial charge in [0.25, 0.3) is 0 Å². The molecule has 0 aliphatic carbocycles. The van der Waals surface area contributed by atoms with Gasteiger partial charge in [-0.2, -0.15) is 0 Å².